The molecular formula is C72H54N4. The van der Waals surface area contributed by atoms with Crippen LogP contribution < -0.4 is 0 Å². The minimum Gasteiger partial charge on any atom is -0.309 e. The Bertz CT molecular complexity index is 4170. The summed E-state index contributed by atoms with van der Waals surface area (Å²) < 4.78 is 2.41. The van der Waals surface area contributed by atoms with Gasteiger partial charge in [0.15, 0.2) is 17.5 Å². The van der Waals surface area contributed by atoms with E-state index >= 15 is 0 Å². The fourth-order valence-electron chi connectivity index (χ4n) is 15.8. The van der Waals surface area contributed by atoms with Gasteiger partial charge in [-0.05, 0) is 147 Å². The Morgan fingerprint density at radius 1 is 0.342 bits per heavy atom. The lowest BCUT2D eigenvalue weighted by Crippen LogP contribution is -2.59. The molecule has 17 rings (SSSR count). The zero-order valence-electron chi connectivity index (χ0n) is 42.2. The fraction of sp³-hybridized carbons (Fsp3) is 0.153. The molecule has 5 aliphatic rings. The number of rotatable bonds is 7. The van der Waals surface area contributed by atoms with Crippen LogP contribution in [0.3, 0.4) is 0 Å². The van der Waals surface area contributed by atoms with Gasteiger partial charge in [-0.15, -0.1) is 0 Å². The van der Waals surface area contributed by atoms with Gasteiger partial charge in [-0.3, -0.25) is 0 Å². The van der Waals surface area contributed by atoms with Crippen molar-refractivity contribution < 1.29 is 0 Å². The third kappa shape index (κ3) is 6.34. The van der Waals surface area contributed by atoms with E-state index in [4.69, 9.17) is 15.0 Å². The molecule has 0 atom stereocenters. The van der Waals surface area contributed by atoms with E-state index in [9.17, 15) is 0 Å². The van der Waals surface area contributed by atoms with Crippen molar-refractivity contribution in [1.29, 1.82) is 0 Å². The molecule has 12 aromatic rings. The van der Waals surface area contributed by atoms with Crippen molar-refractivity contribution in [2.75, 3.05) is 0 Å². The van der Waals surface area contributed by atoms with Gasteiger partial charge in [-0.2, -0.15) is 0 Å². The first kappa shape index (κ1) is 43.6. The van der Waals surface area contributed by atoms with Crippen molar-refractivity contribution in [2.24, 2.45) is 23.7 Å². The van der Waals surface area contributed by atoms with Crippen LogP contribution in [-0.4, -0.2) is 19.5 Å². The zero-order chi connectivity index (χ0) is 50.0. The van der Waals surface area contributed by atoms with Crippen LogP contribution in [0.1, 0.15) is 65.5 Å². The lowest BCUT2D eigenvalue weighted by Gasteiger charge is -2.65. The zero-order valence-corrected chi connectivity index (χ0v) is 42.2. The number of para-hydroxylation sites is 1. The Hall–Kier alpha value is -8.73. The van der Waals surface area contributed by atoms with Gasteiger partial charge in [0.2, 0.25) is 0 Å². The molecule has 0 radical (unpaired) electrons. The quantitative estimate of drug-likeness (QED) is 0.160. The number of hydrogen-bond acceptors (Lipinski definition) is 3. The van der Waals surface area contributed by atoms with E-state index < -0.39 is 5.41 Å². The van der Waals surface area contributed by atoms with Crippen molar-refractivity contribution >= 4 is 32.6 Å². The fourth-order valence-corrected chi connectivity index (χ4v) is 15.8. The Morgan fingerprint density at radius 3 is 1.57 bits per heavy atom. The second-order valence-corrected chi connectivity index (χ2v) is 22.3. The number of hydrogen-bond donors (Lipinski definition) is 0. The van der Waals surface area contributed by atoms with Gasteiger partial charge in [0.1, 0.15) is 0 Å². The number of benzene rings is 10. The van der Waals surface area contributed by atoms with Crippen molar-refractivity contribution in [1.82, 2.24) is 19.5 Å². The van der Waals surface area contributed by atoms with Gasteiger partial charge in [-0.1, -0.05) is 206 Å². The van der Waals surface area contributed by atoms with Crippen molar-refractivity contribution in [3.8, 4) is 51.0 Å². The smallest absolute Gasteiger partial charge is 0.164 e. The van der Waals surface area contributed by atoms with Crippen molar-refractivity contribution in [3.05, 3.63) is 276 Å². The van der Waals surface area contributed by atoms with Crippen molar-refractivity contribution in [3.63, 3.8) is 0 Å². The highest BCUT2D eigenvalue weighted by atomic mass is 15.0. The Kier molecular flexibility index (Phi) is 9.70. The van der Waals surface area contributed by atoms with E-state index in [0.717, 1.165) is 45.3 Å². The van der Waals surface area contributed by atoms with Gasteiger partial charge in [-0.25, -0.2) is 15.0 Å². The summed E-state index contributed by atoms with van der Waals surface area (Å²) >= 11 is 0. The maximum Gasteiger partial charge on any atom is 0.164 e. The summed E-state index contributed by atoms with van der Waals surface area (Å²) in [5.74, 6) is 4.79. The molecule has 76 heavy (non-hydrogen) atoms. The Balaban J connectivity index is 0.856. The molecule has 4 bridgehead atoms. The van der Waals surface area contributed by atoms with E-state index in [-0.39, 0.29) is 5.41 Å². The average Bonchev–Trinajstić information content (AvgIpc) is 3.85. The molecular weight excluding hydrogens is 921 g/mol. The summed E-state index contributed by atoms with van der Waals surface area (Å²) in [5.41, 5.74) is 16.5. The molecule has 4 saturated carbocycles. The summed E-state index contributed by atoms with van der Waals surface area (Å²) in [5, 5.41) is 5.08. The minimum atomic E-state index is -0.524. The number of nitrogens with zero attached hydrogens (tertiary/aromatic N) is 4. The molecule has 4 nitrogen and oxygen atoms in total. The molecule has 2 aromatic heterocycles. The molecule has 0 saturated heterocycles. The van der Waals surface area contributed by atoms with Gasteiger partial charge < -0.3 is 4.57 Å². The predicted octanol–water partition coefficient (Wildman–Crippen LogP) is 17.2. The van der Waals surface area contributed by atoms with E-state index in [1.165, 1.54) is 98.1 Å². The monoisotopic (exact) mass is 974 g/mol. The highest BCUT2D eigenvalue weighted by Gasteiger charge is 2.63. The average molecular weight is 975 g/mol. The molecule has 0 aliphatic heterocycles. The van der Waals surface area contributed by atoms with E-state index in [1.807, 2.05) is 0 Å². The highest BCUT2D eigenvalue weighted by molar-refractivity contribution is 6.21. The second-order valence-electron chi connectivity index (χ2n) is 22.3. The normalized spacial score (nSPS) is 20.8. The van der Waals surface area contributed by atoms with Crippen molar-refractivity contribution in [2.45, 2.75) is 42.9 Å². The largest absolute Gasteiger partial charge is 0.309 e. The van der Waals surface area contributed by atoms with Crippen LogP contribution in [0, 0.1) is 23.7 Å². The third-order valence-corrected chi connectivity index (χ3v) is 18.6. The standard InChI is InChI=1S/C72H54N4/c1-4-18-50(19-5-1)68-73-69(52-21-16-20-51(44-52)48-31-35-58(36-32-48)76-65-30-15-12-27-60(65)67-59-26-11-10-17-49(59)34-38-66(67)76)75-70(74-68)53-33-37-63-64(45-53)72(56-40-46-39-47(42-56)43-57(72)41-46)62-29-14-13-28-61(62)71(63,54-22-6-2-7-23-54)55-24-8-3-9-25-55/h1-38,44-47,56-57H,39-43H2. The molecule has 2 heterocycles. The minimum absolute atomic E-state index is 0.125. The predicted molar refractivity (Wildman–Crippen MR) is 310 cm³/mol. The van der Waals surface area contributed by atoms with Gasteiger partial charge in [0.05, 0.1) is 16.4 Å². The lowest BCUT2D eigenvalue weighted by molar-refractivity contribution is -0.0440. The SMILES string of the molecule is c1ccc(-c2nc(-c3cccc(-c4ccc(-n5c6ccccc6c6c7ccccc7ccc65)cc4)c3)nc(-c3ccc4c(c3)C3(c5ccccc5C4(c4ccccc4)c4ccccc4)C4CC5CC(C4)CC3C5)n2)cc1. The molecule has 1 spiro atoms. The lowest BCUT2D eigenvalue weighted by atomic mass is 9.38. The topological polar surface area (TPSA) is 43.6 Å². The Morgan fingerprint density at radius 2 is 0.868 bits per heavy atom. The first-order valence-corrected chi connectivity index (χ1v) is 27.4. The molecule has 0 amide bonds. The van der Waals surface area contributed by atoms with E-state index in [1.54, 1.807) is 0 Å². The summed E-state index contributed by atoms with van der Waals surface area (Å²) in [6.07, 6.45) is 6.57. The first-order chi connectivity index (χ1) is 37.6. The Labute approximate surface area is 443 Å². The van der Waals surface area contributed by atoms with Gasteiger partial charge in [0.25, 0.3) is 0 Å². The number of fused-ring (bicyclic) bond motifs is 7. The van der Waals surface area contributed by atoms with Crippen LogP contribution in [0.2, 0.25) is 0 Å². The van der Waals surface area contributed by atoms with E-state index in [2.05, 4.69) is 247 Å². The first-order valence-electron chi connectivity index (χ1n) is 27.4. The summed E-state index contributed by atoms with van der Waals surface area (Å²) in [6.45, 7) is 0. The van der Waals surface area contributed by atoms with Crippen LogP contribution in [0.15, 0.2) is 243 Å². The third-order valence-electron chi connectivity index (χ3n) is 18.6. The summed E-state index contributed by atoms with van der Waals surface area (Å²) in [4.78, 5) is 16.2. The van der Waals surface area contributed by atoms with Crippen LogP contribution in [0.25, 0.3) is 83.6 Å². The molecule has 4 heteroatoms. The maximum absolute atomic E-state index is 5.51. The molecule has 5 aliphatic carbocycles. The van der Waals surface area contributed by atoms with Crippen LogP contribution in [-0.2, 0) is 10.8 Å². The summed E-state index contributed by atoms with van der Waals surface area (Å²) in [6, 6.07) is 89.8. The summed E-state index contributed by atoms with van der Waals surface area (Å²) in [7, 11) is 0. The van der Waals surface area contributed by atoms with Crippen LogP contribution >= 0.6 is 0 Å². The molecule has 4 fully saturated rings. The van der Waals surface area contributed by atoms with Gasteiger partial charge >= 0.3 is 0 Å². The van der Waals surface area contributed by atoms with Crippen LogP contribution in [0.4, 0.5) is 0 Å². The maximum atomic E-state index is 5.51. The molecule has 10 aromatic carbocycles. The van der Waals surface area contributed by atoms with Gasteiger partial charge in [0, 0.05) is 38.6 Å². The second kappa shape index (κ2) is 16.9. The molecule has 0 N–H and O–H groups in total. The van der Waals surface area contributed by atoms with E-state index in [0.29, 0.717) is 29.3 Å². The number of aromatic nitrogens is 4. The van der Waals surface area contributed by atoms with Crippen LogP contribution in [0.5, 0.6) is 0 Å². The molecule has 362 valence electrons. The highest BCUT2D eigenvalue weighted by Crippen LogP contribution is 2.70. The molecule has 0 unspecified atom stereocenters.